The molecule has 24 heavy (non-hydrogen) atoms. The first-order valence-electron chi connectivity index (χ1n) is 8.28. The number of hydrogen-bond acceptors (Lipinski definition) is 4. The zero-order valence-corrected chi connectivity index (χ0v) is 14.2. The van der Waals surface area contributed by atoms with Crippen LogP contribution in [-0.4, -0.2) is 42.1 Å². The molecule has 0 aliphatic carbocycles. The number of hydrogen-bond donors (Lipinski definition) is 0. The maximum atomic E-state index is 12.5. The molecular weight excluding hydrogens is 306 g/mol. The number of aromatic nitrogens is 2. The van der Waals surface area contributed by atoms with Crippen molar-refractivity contribution in [3.63, 3.8) is 0 Å². The van der Waals surface area contributed by atoms with Crippen LogP contribution >= 0.6 is 0 Å². The van der Waals surface area contributed by atoms with Gasteiger partial charge in [0.2, 0.25) is 17.6 Å². The molecule has 1 aliphatic rings. The zero-order valence-electron chi connectivity index (χ0n) is 14.2. The number of fused-ring (bicyclic) bond motifs is 1. The molecular formula is C18H23N3O3. The minimum atomic E-state index is -0.266. The molecule has 6 nitrogen and oxygen atoms in total. The Hall–Kier alpha value is -2.21. The highest BCUT2D eigenvalue weighted by atomic mass is 16.5. The van der Waals surface area contributed by atoms with Crippen molar-refractivity contribution in [2.45, 2.75) is 26.7 Å². The highest BCUT2D eigenvalue weighted by molar-refractivity contribution is 5.77. The van der Waals surface area contributed by atoms with Crippen molar-refractivity contribution in [2.24, 2.45) is 5.41 Å². The molecule has 3 rings (SSSR count). The monoisotopic (exact) mass is 329 g/mol. The zero-order chi connectivity index (χ0) is 17.2. The van der Waals surface area contributed by atoms with Gasteiger partial charge in [-0.15, -0.1) is 0 Å². The van der Waals surface area contributed by atoms with Crippen LogP contribution in [0.15, 0.2) is 30.5 Å². The van der Waals surface area contributed by atoms with E-state index in [1.54, 1.807) is 6.07 Å². The van der Waals surface area contributed by atoms with E-state index in [2.05, 4.69) is 4.98 Å². The summed E-state index contributed by atoms with van der Waals surface area (Å²) < 4.78 is 6.15. The second-order valence-corrected chi connectivity index (χ2v) is 7.06. The minimum absolute atomic E-state index is 0.138. The number of carbonyl (C=O) groups is 1. The summed E-state index contributed by atoms with van der Waals surface area (Å²) in [5, 5.41) is 12.1. The lowest BCUT2D eigenvalue weighted by molar-refractivity contribution is -0.578. The number of amides is 1. The lowest BCUT2D eigenvalue weighted by Crippen LogP contribution is -2.42. The van der Waals surface area contributed by atoms with Gasteiger partial charge in [-0.25, -0.2) is 4.98 Å². The van der Waals surface area contributed by atoms with Crippen molar-refractivity contribution in [3.8, 4) is 0 Å². The standard InChI is InChI=1S/C18H23N3O3/c1-18(2,12-17(22)20-7-9-24-10-8-20)11-14-13-21(23)16-6-4-3-5-15(16)19-14/h3-6,13H,7-12H2,1-2H3. The Morgan fingerprint density at radius 3 is 2.79 bits per heavy atom. The summed E-state index contributed by atoms with van der Waals surface area (Å²) in [6.07, 6.45) is 2.53. The molecule has 2 heterocycles. The molecule has 1 aromatic carbocycles. The molecule has 0 unspecified atom stereocenters. The van der Waals surface area contributed by atoms with Gasteiger partial charge in [0, 0.05) is 32.0 Å². The molecule has 0 bridgehead atoms. The van der Waals surface area contributed by atoms with Gasteiger partial charge in [0.1, 0.15) is 11.2 Å². The van der Waals surface area contributed by atoms with Crippen LogP contribution in [0.25, 0.3) is 11.0 Å². The molecule has 0 N–H and O–H groups in total. The van der Waals surface area contributed by atoms with Crippen molar-refractivity contribution >= 4 is 16.9 Å². The predicted octanol–water partition coefficient (Wildman–Crippen LogP) is 1.69. The number of benzene rings is 1. The Labute approximate surface area is 141 Å². The Morgan fingerprint density at radius 2 is 2.04 bits per heavy atom. The van der Waals surface area contributed by atoms with E-state index < -0.39 is 0 Å². The van der Waals surface area contributed by atoms with E-state index in [0.29, 0.717) is 55.9 Å². The van der Waals surface area contributed by atoms with Crippen LogP contribution in [0.5, 0.6) is 0 Å². The fraction of sp³-hybridized carbons (Fsp3) is 0.500. The molecule has 0 atom stereocenters. The van der Waals surface area contributed by atoms with Gasteiger partial charge in [-0.2, -0.15) is 4.73 Å². The average molecular weight is 329 g/mol. The Morgan fingerprint density at radius 1 is 1.33 bits per heavy atom. The summed E-state index contributed by atoms with van der Waals surface area (Å²) in [7, 11) is 0. The molecule has 0 radical (unpaired) electrons. The van der Waals surface area contributed by atoms with Crippen LogP contribution in [0, 0.1) is 10.6 Å². The minimum Gasteiger partial charge on any atom is -0.618 e. The number of para-hydroxylation sites is 2. The van der Waals surface area contributed by atoms with Gasteiger partial charge < -0.3 is 14.8 Å². The fourth-order valence-corrected chi connectivity index (χ4v) is 3.11. The third kappa shape index (κ3) is 3.82. The van der Waals surface area contributed by atoms with Crippen LogP contribution in [0.4, 0.5) is 0 Å². The van der Waals surface area contributed by atoms with E-state index in [4.69, 9.17) is 4.74 Å². The first kappa shape index (κ1) is 16.6. The molecule has 0 saturated carbocycles. The quantitative estimate of drug-likeness (QED) is 0.632. The summed E-state index contributed by atoms with van der Waals surface area (Å²) >= 11 is 0. The third-order valence-corrected chi connectivity index (χ3v) is 4.30. The van der Waals surface area contributed by atoms with E-state index in [-0.39, 0.29) is 11.3 Å². The number of carbonyl (C=O) groups excluding carboxylic acids is 1. The highest BCUT2D eigenvalue weighted by Gasteiger charge is 2.28. The second kappa shape index (κ2) is 6.73. The summed E-state index contributed by atoms with van der Waals surface area (Å²) in [5.41, 5.74) is 1.69. The number of ether oxygens (including phenoxy) is 1. The van der Waals surface area contributed by atoms with Crippen molar-refractivity contribution in [2.75, 3.05) is 26.3 Å². The van der Waals surface area contributed by atoms with E-state index in [9.17, 15) is 10.0 Å². The predicted molar refractivity (Wildman–Crippen MR) is 90.2 cm³/mol. The van der Waals surface area contributed by atoms with Crippen molar-refractivity contribution in [1.29, 1.82) is 0 Å². The Balaban J connectivity index is 1.72. The largest absolute Gasteiger partial charge is 0.618 e. The van der Waals surface area contributed by atoms with Crippen LogP contribution in [0.1, 0.15) is 26.0 Å². The molecule has 1 fully saturated rings. The molecule has 6 heteroatoms. The topological polar surface area (TPSA) is 69.4 Å². The van der Waals surface area contributed by atoms with Gasteiger partial charge in [-0.05, 0) is 11.5 Å². The fourth-order valence-electron chi connectivity index (χ4n) is 3.11. The van der Waals surface area contributed by atoms with E-state index in [1.807, 2.05) is 36.9 Å². The molecule has 1 saturated heterocycles. The average Bonchev–Trinajstić information content (AvgIpc) is 2.55. The summed E-state index contributed by atoms with van der Waals surface area (Å²) in [6, 6.07) is 7.28. The normalized spacial score (nSPS) is 15.7. The molecule has 128 valence electrons. The van der Waals surface area contributed by atoms with Crippen LogP contribution in [0.2, 0.25) is 0 Å². The molecule has 1 aliphatic heterocycles. The number of morpholine rings is 1. The highest BCUT2D eigenvalue weighted by Crippen LogP contribution is 2.26. The molecule has 1 aromatic heterocycles. The van der Waals surface area contributed by atoms with Gasteiger partial charge in [0.05, 0.1) is 13.2 Å². The summed E-state index contributed by atoms with van der Waals surface area (Å²) in [5.74, 6) is 0.138. The summed E-state index contributed by atoms with van der Waals surface area (Å²) in [4.78, 5) is 18.9. The molecule has 2 aromatic rings. The van der Waals surface area contributed by atoms with E-state index in [0.717, 1.165) is 4.73 Å². The van der Waals surface area contributed by atoms with Crippen LogP contribution in [-0.2, 0) is 16.0 Å². The third-order valence-electron chi connectivity index (χ3n) is 4.30. The Bertz CT molecular complexity index is 739. The molecule has 0 spiro atoms. The van der Waals surface area contributed by atoms with Gasteiger partial charge in [-0.3, -0.25) is 4.79 Å². The van der Waals surface area contributed by atoms with Crippen molar-refractivity contribution in [3.05, 3.63) is 41.4 Å². The maximum absolute atomic E-state index is 12.5. The number of nitrogens with zero attached hydrogens (tertiary/aromatic N) is 3. The maximum Gasteiger partial charge on any atom is 0.242 e. The second-order valence-electron chi connectivity index (χ2n) is 7.06. The lowest BCUT2D eigenvalue weighted by Gasteiger charge is -2.31. The van der Waals surface area contributed by atoms with Crippen molar-refractivity contribution in [1.82, 2.24) is 9.88 Å². The van der Waals surface area contributed by atoms with E-state index in [1.165, 1.54) is 6.20 Å². The first-order valence-corrected chi connectivity index (χ1v) is 8.28. The van der Waals surface area contributed by atoms with Gasteiger partial charge in [0.25, 0.3) is 0 Å². The van der Waals surface area contributed by atoms with Crippen LogP contribution < -0.4 is 4.73 Å². The Kier molecular flexibility index (Phi) is 4.66. The van der Waals surface area contributed by atoms with E-state index >= 15 is 0 Å². The first-order chi connectivity index (χ1) is 11.4. The lowest BCUT2D eigenvalue weighted by atomic mass is 9.84. The summed E-state index contributed by atoms with van der Waals surface area (Å²) in [6.45, 7) is 6.60. The van der Waals surface area contributed by atoms with Crippen molar-refractivity contribution < 1.29 is 14.3 Å². The van der Waals surface area contributed by atoms with Crippen LogP contribution in [0.3, 0.4) is 0 Å². The van der Waals surface area contributed by atoms with Gasteiger partial charge >= 0.3 is 0 Å². The smallest absolute Gasteiger partial charge is 0.242 e. The molecule has 1 amide bonds. The van der Waals surface area contributed by atoms with Gasteiger partial charge in [-0.1, -0.05) is 26.0 Å². The number of rotatable bonds is 4. The van der Waals surface area contributed by atoms with Gasteiger partial charge in [0.15, 0.2) is 0 Å². The SMILES string of the molecule is CC(C)(CC(=O)N1CCOCC1)Cc1c[n+]([O-])c2ccccc2n1.